The van der Waals surface area contributed by atoms with Gasteiger partial charge in [-0.05, 0) is 18.2 Å². The van der Waals surface area contributed by atoms with Gasteiger partial charge in [-0.2, -0.15) is 0 Å². The number of benzene rings is 1. The molecule has 0 spiro atoms. The fourth-order valence-corrected chi connectivity index (χ4v) is 1.77. The lowest BCUT2D eigenvalue weighted by Gasteiger charge is -2.19. The smallest absolute Gasteiger partial charge is 0.254 e. The van der Waals surface area contributed by atoms with Crippen molar-refractivity contribution in [3.63, 3.8) is 0 Å². The molecule has 0 aromatic heterocycles. The van der Waals surface area contributed by atoms with Crippen LogP contribution in [-0.4, -0.2) is 36.3 Å². The molecule has 0 radical (unpaired) electrons. The quantitative estimate of drug-likeness (QED) is 0.783. The van der Waals surface area contributed by atoms with Crippen molar-refractivity contribution in [1.82, 2.24) is 10.2 Å². The van der Waals surface area contributed by atoms with E-state index in [4.69, 9.17) is 0 Å². The van der Waals surface area contributed by atoms with E-state index < -0.39 is 5.82 Å². The third kappa shape index (κ3) is 2.81. The van der Waals surface area contributed by atoms with E-state index in [0.29, 0.717) is 31.6 Å². The molecule has 1 saturated heterocycles. The molecule has 1 aromatic carbocycles. The van der Waals surface area contributed by atoms with Gasteiger partial charge in [0.2, 0.25) is 5.91 Å². The van der Waals surface area contributed by atoms with Crippen LogP contribution >= 0.6 is 0 Å². The van der Waals surface area contributed by atoms with Gasteiger partial charge in [0.1, 0.15) is 5.82 Å². The van der Waals surface area contributed by atoms with E-state index in [0.717, 1.165) is 0 Å². The Balaban J connectivity index is 2.11. The van der Waals surface area contributed by atoms with E-state index in [1.165, 1.54) is 18.2 Å². The number of carbonyl (C=O) groups is 2. The molecule has 2 rings (SSSR count). The minimum atomic E-state index is -0.431. The van der Waals surface area contributed by atoms with Crippen LogP contribution in [0.2, 0.25) is 0 Å². The molecular weight excluding hydrogens is 223 g/mol. The zero-order chi connectivity index (χ0) is 12.3. The van der Waals surface area contributed by atoms with E-state index in [1.807, 2.05) is 0 Å². The second kappa shape index (κ2) is 4.95. The first-order valence-corrected chi connectivity index (χ1v) is 5.48. The van der Waals surface area contributed by atoms with E-state index in [1.54, 1.807) is 11.0 Å². The first-order chi connectivity index (χ1) is 8.16. The molecule has 1 N–H and O–H groups in total. The van der Waals surface area contributed by atoms with Crippen LogP contribution in [0.4, 0.5) is 4.39 Å². The molecule has 1 aliphatic heterocycles. The minimum Gasteiger partial charge on any atom is -0.354 e. The molecule has 0 atom stereocenters. The summed E-state index contributed by atoms with van der Waals surface area (Å²) in [4.78, 5) is 24.7. The van der Waals surface area contributed by atoms with Gasteiger partial charge in [-0.15, -0.1) is 0 Å². The van der Waals surface area contributed by atoms with Crippen molar-refractivity contribution in [2.75, 3.05) is 19.6 Å². The normalized spacial score (nSPS) is 16.3. The number of amides is 2. The molecule has 1 aromatic rings. The summed E-state index contributed by atoms with van der Waals surface area (Å²) in [6.45, 7) is 1.28. The molecule has 1 heterocycles. The van der Waals surface area contributed by atoms with Gasteiger partial charge in [0, 0.05) is 31.6 Å². The van der Waals surface area contributed by atoms with Gasteiger partial charge in [0.25, 0.3) is 5.91 Å². The van der Waals surface area contributed by atoms with Crippen LogP contribution in [0.5, 0.6) is 0 Å². The average molecular weight is 236 g/mol. The number of nitrogens with zero attached hydrogens (tertiary/aromatic N) is 1. The lowest BCUT2D eigenvalue weighted by atomic mass is 10.2. The fourth-order valence-electron chi connectivity index (χ4n) is 1.77. The first kappa shape index (κ1) is 11.6. The Morgan fingerprint density at radius 3 is 2.94 bits per heavy atom. The average Bonchev–Trinajstić information content (AvgIpc) is 2.53. The number of nitrogens with one attached hydrogen (secondary N) is 1. The van der Waals surface area contributed by atoms with Gasteiger partial charge >= 0.3 is 0 Å². The van der Waals surface area contributed by atoms with E-state index >= 15 is 0 Å². The maximum Gasteiger partial charge on any atom is 0.254 e. The number of hydrogen-bond acceptors (Lipinski definition) is 2. The maximum atomic E-state index is 13.0. The molecule has 0 bridgehead atoms. The lowest BCUT2D eigenvalue weighted by molar-refractivity contribution is -0.120. The number of hydrogen-bond donors (Lipinski definition) is 1. The summed E-state index contributed by atoms with van der Waals surface area (Å²) in [5.41, 5.74) is 0.319. The van der Waals surface area contributed by atoms with Gasteiger partial charge < -0.3 is 10.2 Å². The standard InChI is InChI=1S/C12H13FN2O2/c13-10-3-1-2-9(8-10)12(17)15-6-4-11(16)14-5-7-15/h1-3,8H,4-7H2,(H,14,16). The van der Waals surface area contributed by atoms with Gasteiger partial charge in [0.15, 0.2) is 0 Å². The van der Waals surface area contributed by atoms with Crippen LogP contribution in [0, 0.1) is 5.82 Å². The molecule has 2 amide bonds. The zero-order valence-corrected chi connectivity index (χ0v) is 9.28. The van der Waals surface area contributed by atoms with Crippen molar-refractivity contribution in [2.24, 2.45) is 0 Å². The molecule has 5 heteroatoms. The highest BCUT2D eigenvalue weighted by atomic mass is 19.1. The predicted octanol–water partition coefficient (Wildman–Crippen LogP) is 0.788. The summed E-state index contributed by atoms with van der Waals surface area (Å²) in [7, 11) is 0. The van der Waals surface area contributed by atoms with Gasteiger partial charge in [-0.1, -0.05) is 6.07 Å². The molecule has 0 unspecified atom stereocenters. The topological polar surface area (TPSA) is 49.4 Å². The van der Waals surface area contributed by atoms with E-state index in [9.17, 15) is 14.0 Å². The Labute approximate surface area is 98.4 Å². The summed E-state index contributed by atoms with van der Waals surface area (Å²) in [5.74, 6) is -0.722. The third-order valence-corrected chi connectivity index (χ3v) is 2.67. The summed E-state index contributed by atoms with van der Waals surface area (Å²) < 4.78 is 13.0. The Morgan fingerprint density at radius 1 is 1.35 bits per heavy atom. The van der Waals surface area contributed by atoms with Crippen molar-refractivity contribution in [2.45, 2.75) is 6.42 Å². The van der Waals surface area contributed by atoms with E-state index in [2.05, 4.69) is 5.32 Å². The molecule has 0 saturated carbocycles. The molecule has 1 fully saturated rings. The predicted molar refractivity (Wildman–Crippen MR) is 59.9 cm³/mol. The van der Waals surface area contributed by atoms with Crippen LogP contribution < -0.4 is 5.32 Å². The van der Waals surface area contributed by atoms with Crippen molar-refractivity contribution in [3.8, 4) is 0 Å². The fraction of sp³-hybridized carbons (Fsp3) is 0.333. The molecular formula is C12H13FN2O2. The summed E-state index contributed by atoms with van der Waals surface area (Å²) in [6.07, 6.45) is 0.293. The van der Waals surface area contributed by atoms with Gasteiger partial charge in [0.05, 0.1) is 0 Å². The SMILES string of the molecule is O=C1CCN(C(=O)c2cccc(F)c2)CCN1. The van der Waals surface area contributed by atoms with Crippen LogP contribution in [0.15, 0.2) is 24.3 Å². The van der Waals surface area contributed by atoms with Crippen molar-refractivity contribution < 1.29 is 14.0 Å². The van der Waals surface area contributed by atoms with Crippen LogP contribution in [0.3, 0.4) is 0 Å². The Bertz CT molecular complexity index is 448. The second-order valence-corrected chi connectivity index (χ2v) is 3.90. The maximum absolute atomic E-state index is 13.0. The Morgan fingerprint density at radius 2 is 2.18 bits per heavy atom. The number of rotatable bonds is 1. The first-order valence-electron chi connectivity index (χ1n) is 5.48. The third-order valence-electron chi connectivity index (χ3n) is 2.67. The lowest BCUT2D eigenvalue weighted by Crippen LogP contribution is -2.34. The Kier molecular flexibility index (Phi) is 3.37. The monoisotopic (exact) mass is 236 g/mol. The summed E-state index contributed by atoms with van der Waals surface area (Å²) in [5, 5.41) is 2.69. The zero-order valence-electron chi connectivity index (χ0n) is 9.28. The number of halogens is 1. The van der Waals surface area contributed by atoms with Gasteiger partial charge in [-0.3, -0.25) is 9.59 Å². The largest absolute Gasteiger partial charge is 0.354 e. The van der Waals surface area contributed by atoms with Crippen LogP contribution in [-0.2, 0) is 4.79 Å². The van der Waals surface area contributed by atoms with Crippen LogP contribution in [0.25, 0.3) is 0 Å². The van der Waals surface area contributed by atoms with Crippen molar-refractivity contribution in [3.05, 3.63) is 35.6 Å². The molecule has 1 aliphatic rings. The van der Waals surface area contributed by atoms with Crippen LogP contribution in [0.1, 0.15) is 16.8 Å². The van der Waals surface area contributed by atoms with Crippen molar-refractivity contribution >= 4 is 11.8 Å². The Hall–Kier alpha value is -1.91. The van der Waals surface area contributed by atoms with Crippen molar-refractivity contribution in [1.29, 1.82) is 0 Å². The molecule has 4 nitrogen and oxygen atoms in total. The molecule has 90 valence electrons. The molecule has 0 aliphatic carbocycles. The highest BCUT2D eigenvalue weighted by molar-refractivity contribution is 5.94. The minimum absolute atomic E-state index is 0.0560. The second-order valence-electron chi connectivity index (χ2n) is 3.90. The van der Waals surface area contributed by atoms with E-state index in [-0.39, 0.29) is 11.8 Å². The summed E-state index contributed by atoms with van der Waals surface area (Å²) >= 11 is 0. The number of carbonyl (C=O) groups excluding carboxylic acids is 2. The van der Waals surface area contributed by atoms with Gasteiger partial charge in [-0.25, -0.2) is 4.39 Å². The summed E-state index contributed by atoms with van der Waals surface area (Å²) in [6, 6.07) is 5.59. The molecule has 17 heavy (non-hydrogen) atoms. The highest BCUT2D eigenvalue weighted by Crippen LogP contribution is 2.08. The highest BCUT2D eigenvalue weighted by Gasteiger charge is 2.19.